The number of carbonyl (C=O) groups is 2. The molecule has 1 N–H and O–H groups in total. The fourth-order valence-electron chi connectivity index (χ4n) is 7.54. The molecule has 1 saturated heterocycles. The van der Waals surface area contributed by atoms with Crippen molar-refractivity contribution in [3.05, 3.63) is 29.1 Å². The Morgan fingerprint density at radius 3 is 2.73 bits per heavy atom. The molecule has 1 heterocycles. The number of carboxylic acids is 1. The summed E-state index contributed by atoms with van der Waals surface area (Å²) in [5.74, 6) is 0.479. The minimum atomic E-state index is -1.05. The van der Waals surface area contributed by atoms with E-state index in [1.54, 1.807) is 6.07 Å². The van der Waals surface area contributed by atoms with Gasteiger partial charge in [-0.3, -0.25) is 4.79 Å². The van der Waals surface area contributed by atoms with E-state index in [-0.39, 0.29) is 18.1 Å². The number of carbonyl (C=O) groups excluding carboxylic acids is 1. The van der Waals surface area contributed by atoms with Crippen LogP contribution in [-0.4, -0.2) is 41.1 Å². The Morgan fingerprint density at radius 2 is 2.03 bits per heavy atom. The fourth-order valence-corrected chi connectivity index (χ4v) is 7.54. The van der Waals surface area contributed by atoms with E-state index in [2.05, 4.69) is 6.07 Å². The van der Waals surface area contributed by atoms with Gasteiger partial charge in [0.1, 0.15) is 24.2 Å². The van der Waals surface area contributed by atoms with Crippen LogP contribution in [0.5, 0.6) is 5.75 Å². The summed E-state index contributed by atoms with van der Waals surface area (Å²) in [6.07, 6.45) is 7.44. The van der Waals surface area contributed by atoms with Gasteiger partial charge in [-0.05, 0) is 92.6 Å². The van der Waals surface area contributed by atoms with Crippen LogP contribution in [0.4, 0.5) is 4.39 Å². The standard InChI is InChI=1S/C26H29FN2O4/c27-21-11-23(33-13-26(12-28)17-7-14-6-16(9-17)20(26)8-14)18(15-3-4-15)10-19(21)24(30)29-5-1-2-22(29)25(31)32/h10-11,14-17,20,22H,1-9,13H2,(H,31,32)/t14?,16?,17?,20?,22-,26?/m0/s1. The van der Waals surface area contributed by atoms with Crippen molar-refractivity contribution in [1.82, 2.24) is 4.90 Å². The number of carboxylic acid groups (broad SMARTS) is 1. The Hall–Kier alpha value is -2.62. The Morgan fingerprint density at radius 1 is 1.21 bits per heavy atom. The zero-order chi connectivity index (χ0) is 22.9. The van der Waals surface area contributed by atoms with Crippen LogP contribution in [0.25, 0.3) is 0 Å². The van der Waals surface area contributed by atoms with E-state index < -0.39 is 29.2 Å². The van der Waals surface area contributed by atoms with Crippen molar-refractivity contribution in [3.8, 4) is 11.8 Å². The summed E-state index contributed by atoms with van der Waals surface area (Å²) in [5.41, 5.74) is 0.241. The first-order valence-corrected chi connectivity index (χ1v) is 12.3. The van der Waals surface area contributed by atoms with Gasteiger partial charge in [-0.1, -0.05) is 0 Å². The van der Waals surface area contributed by atoms with Gasteiger partial charge in [0.05, 0.1) is 17.0 Å². The monoisotopic (exact) mass is 452 g/mol. The zero-order valence-corrected chi connectivity index (χ0v) is 18.6. The van der Waals surface area contributed by atoms with Gasteiger partial charge in [0, 0.05) is 12.6 Å². The highest BCUT2D eigenvalue weighted by Crippen LogP contribution is 2.66. The lowest BCUT2D eigenvalue weighted by molar-refractivity contribution is -0.141. The van der Waals surface area contributed by atoms with E-state index in [0.717, 1.165) is 43.6 Å². The summed E-state index contributed by atoms with van der Waals surface area (Å²) in [7, 11) is 0. The van der Waals surface area contributed by atoms with Crippen LogP contribution in [0.3, 0.4) is 0 Å². The van der Waals surface area contributed by atoms with Gasteiger partial charge in [0.15, 0.2) is 0 Å². The van der Waals surface area contributed by atoms with Crippen LogP contribution >= 0.6 is 0 Å². The molecule has 174 valence electrons. The highest BCUT2D eigenvalue weighted by atomic mass is 19.1. The Balaban J connectivity index is 1.27. The average Bonchev–Trinajstić information content (AvgIpc) is 3.38. The SMILES string of the molecule is N#CC1(COc2cc(F)c(C(=O)N3CCC[C@H]3C(=O)O)cc2C2CC2)C2CC3CC(C2)C1C3. The molecule has 5 aliphatic carbocycles. The van der Waals surface area contributed by atoms with Crippen molar-refractivity contribution in [2.75, 3.05) is 13.2 Å². The summed E-state index contributed by atoms with van der Waals surface area (Å²) in [4.78, 5) is 25.9. The van der Waals surface area contributed by atoms with Gasteiger partial charge in [0.25, 0.3) is 5.91 Å². The molecule has 5 saturated carbocycles. The van der Waals surface area contributed by atoms with E-state index >= 15 is 4.39 Å². The maximum Gasteiger partial charge on any atom is 0.326 e. The smallest absolute Gasteiger partial charge is 0.326 e. The van der Waals surface area contributed by atoms with Crippen LogP contribution in [0, 0.1) is 46.2 Å². The Bertz CT molecular complexity index is 1060. The number of benzene rings is 1. The van der Waals surface area contributed by atoms with Gasteiger partial charge < -0.3 is 14.7 Å². The second-order valence-corrected chi connectivity index (χ2v) is 11.0. The number of nitrogens with zero attached hydrogens (tertiary/aromatic N) is 2. The van der Waals surface area contributed by atoms with E-state index in [0.29, 0.717) is 42.9 Å². The van der Waals surface area contributed by atoms with Crippen molar-refractivity contribution in [2.45, 2.75) is 63.3 Å². The second-order valence-electron chi connectivity index (χ2n) is 11.0. The molecule has 1 aromatic rings. The predicted octanol–water partition coefficient (Wildman–Crippen LogP) is 4.35. The number of hydrogen-bond acceptors (Lipinski definition) is 4. The molecule has 0 aromatic heterocycles. The van der Waals surface area contributed by atoms with Crippen LogP contribution in [0.15, 0.2) is 12.1 Å². The van der Waals surface area contributed by atoms with Crippen molar-refractivity contribution in [1.29, 1.82) is 5.26 Å². The summed E-state index contributed by atoms with van der Waals surface area (Å²) in [6.45, 7) is 0.601. The number of nitriles is 1. The lowest BCUT2D eigenvalue weighted by Gasteiger charge is -2.39. The summed E-state index contributed by atoms with van der Waals surface area (Å²) in [6, 6.07) is 4.60. The quantitative estimate of drug-likeness (QED) is 0.693. The summed E-state index contributed by atoms with van der Waals surface area (Å²) in [5, 5.41) is 19.6. The molecule has 33 heavy (non-hydrogen) atoms. The van der Waals surface area contributed by atoms with Crippen molar-refractivity contribution in [3.63, 3.8) is 0 Å². The van der Waals surface area contributed by atoms with Crippen molar-refractivity contribution < 1.29 is 23.8 Å². The zero-order valence-electron chi connectivity index (χ0n) is 18.6. The van der Waals surface area contributed by atoms with E-state index in [1.165, 1.54) is 17.4 Å². The van der Waals surface area contributed by atoms with Gasteiger partial charge >= 0.3 is 5.97 Å². The molecule has 4 bridgehead atoms. The van der Waals surface area contributed by atoms with Crippen LogP contribution in [-0.2, 0) is 4.79 Å². The predicted molar refractivity (Wildman–Crippen MR) is 116 cm³/mol. The lowest BCUT2D eigenvalue weighted by atomic mass is 9.65. The maximum atomic E-state index is 15.2. The molecule has 1 amide bonds. The average molecular weight is 453 g/mol. The highest BCUT2D eigenvalue weighted by molar-refractivity contribution is 5.97. The number of hydrogen-bond donors (Lipinski definition) is 1. The molecule has 5 unspecified atom stereocenters. The molecule has 7 rings (SSSR count). The van der Waals surface area contributed by atoms with Gasteiger partial charge in [-0.2, -0.15) is 5.26 Å². The maximum absolute atomic E-state index is 15.2. The van der Waals surface area contributed by atoms with Crippen molar-refractivity contribution in [2.24, 2.45) is 29.1 Å². The first-order chi connectivity index (χ1) is 15.9. The molecule has 1 aromatic carbocycles. The largest absolute Gasteiger partial charge is 0.491 e. The molecule has 6 fully saturated rings. The van der Waals surface area contributed by atoms with Gasteiger partial charge in [0.2, 0.25) is 0 Å². The van der Waals surface area contributed by atoms with Crippen LogP contribution in [0.1, 0.15) is 73.2 Å². The summed E-state index contributed by atoms with van der Waals surface area (Å²) < 4.78 is 21.4. The molecule has 1 aliphatic heterocycles. The normalized spacial score (nSPS) is 36.2. The first kappa shape index (κ1) is 20.9. The molecular formula is C26H29FN2O4. The topological polar surface area (TPSA) is 90.6 Å². The third-order valence-electron chi connectivity index (χ3n) is 9.21. The third-order valence-corrected chi connectivity index (χ3v) is 9.21. The highest BCUT2D eigenvalue weighted by Gasteiger charge is 2.63. The Labute approximate surface area is 192 Å². The van der Waals surface area contributed by atoms with E-state index in [1.807, 2.05) is 0 Å². The third kappa shape index (κ3) is 3.17. The first-order valence-electron chi connectivity index (χ1n) is 12.3. The number of aliphatic carboxylic acids is 1. The van der Waals surface area contributed by atoms with Gasteiger partial charge in [-0.25, -0.2) is 9.18 Å². The number of halogens is 1. The molecule has 6 atom stereocenters. The Kier molecular flexibility index (Phi) is 4.73. The fraction of sp³-hybridized carbons (Fsp3) is 0.654. The molecule has 0 radical (unpaired) electrons. The van der Waals surface area contributed by atoms with Gasteiger partial charge in [-0.15, -0.1) is 0 Å². The lowest BCUT2D eigenvalue weighted by Crippen LogP contribution is -2.41. The number of likely N-dealkylation sites (tertiary alicyclic amines) is 1. The van der Waals surface area contributed by atoms with E-state index in [4.69, 9.17) is 4.74 Å². The molecule has 6 nitrogen and oxygen atoms in total. The van der Waals surface area contributed by atoms with Crippen LogP contribution in [0.2, 0.25) is 0 Å². The number of rotatable bonds is 6. The summed E-state index contributed by atoms with van der Waals surface area (Å²) >= 11 is 0. The molecule has 7 heteroatoms. The minimum absolute atomic E-state index is 0.0778. The molecule has 6 aliphatic rings. The number of ether oxygens (including phenoxy) is 1. The van der Waals surface area contributed by atoms with Crippen molar-refractivity contribution >= 4 is 11.9 Å². The second kappa shape index (κ2) is 7.44. The molecule has 0 spiro atoms. The minimum Gasteiger partial charge on any atom is -0.491 e. The van der Waals surface area contributed by atoms with Crippen LogP contribution < -0.4 is 4.74 Å². The molecular weight excluding hydrogens is 423 g/mol. The van der Waals surface area contributed by atoms with E-state index in [9.17, 15) is 20.0 Å². The number of amides is 1.